The molecular weight excluding hydrogens is 548 g/mol. The normalized spacial score (nSPS) is 15.6. The van der Waals surface area contributed by atoms with Gasteiger partial charge in [0, 0.05) is 37.9 Å². The van der Waals surface area contributed by atoms with Crippen LogP contribution in [0.25, 0.3) is 17.1 Å². The van der Waals surface area contributed by atoms with Crippen molar-refractivity contribution in [1.29, 1.82) is 0 Å². The van der Waals surface area contributed by atoms with Crippen LogP contribution in [0.4, 0.5) is 0 Å². The molecule has 6 rings (SSSR count). The third-order valence-electron chi connectivity index (χ3n) is 8.43. The van der Waals surface area contributed by atoms with Gasteiger partial charge in [0.05, 0.1) is 24.6 Å². The number of aryl methyl sites for hydroxylation is 1. The molecule has 1 fully saturated rings. The van der Waals surface area contributed by atoms with Crippen molar-refractivity contribution < 1.29 is 28.9 Å². The molecule has 4 aromatic rings. The Bertz CT molecular complexity index is 1690. The van der Waals surface area contributed by atoms with Crippen LogP contribution in [0.1, 0.15) is 55.8 Å². The quantitative estimate of drug-likeness (QED) is 0.237. The fourth-order valence-corrected chi connectivity index (χ4v) is 6.12. The van der Waals surface area contributed by atoms with Gasteiger partial charge in [-0.15, -0.1) is 0 Å². The highest BCUT2D eigenvalue weighted by Gasteiger charge is 2.28. The van der Waals surface area contributed by atoms with Crippen molar-refractivity contribution in [2.24, 2.45) is 0 Å². The molecule has 1 saturated heterocycles. The van der Waals surface area contributed by atoms with Gasteiger partial charge in [-0.05, 0) is 79.6 Å². The second kappa shape index (κ2) is 12.0. The highest BCUT2D eigenvalue weighted by Crippen LogP contribution is 2.35. The fraction of sp³-hybridized carbons (Fsp3) is 0.333. The smallest absolute Gasteiger partial charge is 0.343 e. The summed E-state index contributed by atoms with van der Waals surface area (Å²) in [5.41, 5.74) is 5.88. The lowest BCUT2D eigenvalue weighted by atomic mass is 9.90. The molecule has 0 radical (unpaired) electrons. The molecular formula is C33H34N4O6. The molecule has 10 heteroatoms. The maximum Gasteiger partial charge on any atom is 0.343 e. The number of esters is 1. The predicted molar refractivity (Wildman–Crippen MR) is 159 cm³/mol. The number of carboxylic acid groups (broad SMARTS) is 1. The van der Waals surface area contributed by atoms with E-state index in [9.17, 15) is 14.7 Å². The number of carboxylic acids is 1. The second-order valence-corrected chi connectivity index (χ2v) is 10.9. The maximum absolute atomic E-state index is 13.7. The van der Waals surface area contributed by atoms with E-state index in [1.165, 1.54) is 29.1 Å². The van der Waals surface area contributed by atoms with Crippen LogP contribution in [0.3, 0.4) is 0 Å². The zero-order valence-corrected chi connectivity index (χ0v) is 24.5. The number of pyridine rings is 1. The Morgan fingerprint density at radius 2 is 1.81 bits per heavy atom. The minimum absolute atomic E-state index is 0.0619. The van der Waals surface area contributed by atoms with Crippen molar-refractivity contribution in [3.63, 3.8) is 0 Å². The summed E-state index contributed by atoms with van der Waals surface area (Å²) in [6, 6.07) is 15.4. The number of hydrogen-bond acceptors (Lipinski definition) is 8. The molecule has 2 aromatic heterocycles. The third kappa shape index (κ3) is 5.51. The van der Waals surface area contributed by atoms with E-state index in [4.69, 9.17) is 19.2 Å². The number of rotatable bonds is 7. The van der Waals surface area contributed by atoms with Crippen molar-refractivity contribution in [3.05, 3.63) is 88.1 Å². The first kappa shape index (κ1) is 28.6. The summed E-state index contributed by atoms with van der Waals surface area (Å²) in [6.45, 7) is 7.39. The van der Waals surface area contributed by atoms with E-state index in [-0.39, 0.29) is 11.4 Å². The van der Waals surface area contributed by atoms with Crippen LogP contribution in [0.15, 0.2) is 54.7 Å². The largest absolute Gasteiger partial charge is 0.480 e. The van der Waals surface area contributed by atoms with E-state index >= 15 is 0 Å². The van der Waals surface area contributed by atoms with Crippen LogP contribution in [0, 0.1) is 13.8 Å². The first-order chi connectivity index (χ1) is 20.9. The van der Waals surface area contributed by atoms with Crippen LogP contribution >= 0.6 is 0 Å². The summed E-state index contributed by atoms with van der Waals surface area (Å²) in [5, 5.41) is 13.6. The minimum atomic E-state index is -1.15. The van der Waals surface area contributed by atoms with Gasteiger partial charge in [0.15, 0.2) is 5.82 Å². The fourth-order valence-electron chi connectivity index (χ4n) is 6.12. The molecule has 2 aliphatic rings. The number of aromatic nitrogens is 3. The molecule has 0 amide bonds. The molecule has 4 heterocycles. The van der Waals surface area contributed by atoms with Gasteiger partial charge >= 0.3 is 11.9 Å². The highest BCUT2D eigenvalue weighted by atomic mass is 16.5. The summed E-state index contributed by atoms with van der Waals surface area (Å²) in [6.07, 6.45) is 4.24. The number of hydrogen-bond donors (Lipinski definition) is 1. The molecule has 1 N–H and O–H groups in total. The molecule has 0 saturated carbocycles. The van der Waals surface area contributed by atoms with Gasteiger partial charge in [-0.1, -0.05) is 24.3 Å². The van der Waals surface area contributed by atoms with E-state index in [1.807, 2.05) is 38.1 Å². The van der Waals surface area contributed by atoms with Crippen molar-refractivity contribution in [2.45, 2.75) is 45.7 Å². The van der Waals surface area contributed by atoms with Gasteiger partial charge < -0.3 is 19.3 Å². The SMILES string of the molecule is COc1c(C(=O)O)cnn1-c1cccc(-c2cccc(C)c2OC(=O)c2ccc3c(c2C)CCN(C2CCOCC2)C3)n1. The van der Waals surface area contributed by atoms with Crippen LogP contribution < -0.4 is 9.47 Å². The zero-order chi connectivity index (χ0) is 30.1. The summed E-state index contributed by atoms with van der Waals surface area (Å²) in [5.74, 6) is -0.730. The van der Waals surface area contributed by atoms with E-state index in [1.54, 1.807) is 18.2 Å². The number of para-hydroxylation sites is 1. The Kier molecular flexibility index (Phi) is 7.96. The van der Waals surface area contributed by atoms with Crippen LogP contribution in [0.2, 0.25) is 0 Å². The molecule has 0 bridgehead atoms. The number of benzene rings is 2. The first-order valence-corrected chi connectivity index (χ1v) is 14.4. The number of carbonyl (C=O) groups is 2. The molecule has 222 valence electrons. The summed E-state index contributed by atoms with van der Waals surface area (Å²) < 4.78 is 18.3. The molecule has 43 heavy (non-hydrogen) atoms. The molecule has 10 nitrogen and oxygen atoms in total. The lowest BCUT2D eigenvalue weighted by Gasteiger charge is -2.38. The van der Waals surface area contributed by atoms with Crippen LogP contribution in [0.5, 0.6) is 11.6 Å². The Balaban J connectivity index is 1.28. The van der Waals surface area contributed by atoms with Crippen molar-refractivity contribution >= 4 is 11.9 Å². The lowest BCUT2D eigenvalue weighted by molar-refractivity contribution is 0.0290. The van der Waals surface area contributed by atoms with Crippen LogP contribution in [-0.2, 0) is 17.7 Å². The number of carbonyl (C=O) groups excluding carboxylic acids is 1. The van der Waals surface area contributed by atoms with Gasteiger partial charge in [-0.25, -0.2) is 14.6 Å². The maximum atomic E-state index is 13.7. The van der Waals surface area contributed by atoms with Crippen LogP contribution in [-0.4, -0.2) is 69.6 Å². The molecule has 0 aliphatic carbocycles. The van der Waals surface area contributed by atoms with Crippen molar-refractivity contribution in [1.82, 2.24) is 19.7 Å². The van der Waals surface area contributed by atoms with Crippen molar-refractivity contribution in [3.8, 4) is 28.7 Å². The monoisotopic (exact) mass is 582 g/mol. The van der Waals surface area contributed by atoms with Gasteiger partial charge in [0.2, 0.25) is 5.88 Å². The van der Waals surface area contributed by atoms with Gasteiger partial charge in [0.25, 0.3) is 0 Å². The number of nitrogens with zero attached hydrogens (tertiary/aromatic N) is 4. The van der Waals surface area contributed by atoms with E-state index in [0.717, 1.165) is 56.7 Å². The average molecular weight is 583 g/mol. The third-order valence-corrected chi connectivity index (χ3v) is 8.43. The molecule has 0 atom stereocenters. The number of methoxy groups -OCH3 is 1. The lowest BCUT2D eigenvalue weighted by Crippen LogP contribution is -2.42. The standard InChI is InChI=1S/C33H34N4O6/c1-20-6-4-7-26(28-8-5-9-29(35-28)37-31(41-3)27(18-34-37)32(38)39)30(20)43-33(40)25-11-10-22-19-36(15-12-24(22)21(25)2)23-13-16-42-17-14-23/h4-11,18,23H,12-17,19H2,1-3H3,(H,38,39). The minimum Gasteiger partial charge on any atom is -0.480 e. The van der Waals surface area contributed by atoms with E-state index in [0.29, 0.717) is 34.4 Å². The first-order valence-electron chi connectivity index (χ1n) is 14.4. The summed E-state index contributed by atoms with van der Waals surface area (Å²) in [4.78, 5) is 32.5. The molecule has 2 aliphatic heterocycles. The van der Waals surface area contributed by atoms with E-state index < -0.39 is 11.9 Å². The number of fused-ring (bicyclic) bond motifs is 1. The molecule has 0 spiro atoms. The number of aromatic carboxylic acids is 1. The Morgan fingerprint density at radius 1 is 1.02 bits per heavy atom. The van der Waals surface area contributed by atoms with Gasteiger partial charge in [-0.3, -0.25) is 4.90 Å². The molecule has 0 unspecified atom stereocenters. The van der Waals surface area contributed by atoms with Gasteiger partial charge in [0.1, 0.15) is 11.3 Å². The second-order valence-electron chi connectivity index (χ2n) is 10.9. The Morgan fingerprint density at radius 3 is 2.58 bits per heavy atom. The Hall–Kier alpha value is -4.54. The molecule has 2 aromatic carbocycles. The Labute approximate surface area is 249 Å². The topological polar surface area (TPSA) is 116 Å². The zero-order valence-electron chi connectivity index (χ0n) is 24.5. The summed E-state index contributed by atoms with van der Waals surface area (Å²) in [7, 11) is 1.38. The predicted octanol–water partition coefficient (Wildman–Crippen LogP) is 5.01. The average Bonchev–Trinajstić information content (AvgIpc) is 3.47. The van der Waals surface area contributed by atoms with Crippen molar-refractivity contribution in [2.75, 3.05) is 26.9 Å². The highest BCUT2D eigenvalue weighted by molar-refractivity contribution is 5.94. The van der Waals surface area contributed by atoms with Gasteiger partial charge in [-0.2, -0.15) is 9.78 Å². The summed E-state index contributed by atoms with van der Waals surface area (Å²) >= 11 is 0. The number of ether oxygens (including phenoxy) is 3. The van der Waals surface area contributed by atoms with E-state index in [2.05, 4.69) is 16.1 Å².